The van der Waals surface area contributed by atoms with Gasteiger partial charge in [-0.3, -0.25) is 0 Å². The van der Waals surface area contributed by atoms with Gasteiger partial charge in [-0.2, -0.15) is 0 Å². The Morgan fingerprint density at radius 1 is 1.00 bits per heavy atom. The van der Waals surface area contributed by atoms with Crippen molar-refractivity contribution in [1.29, 1.82) is 0 Å². The zero-order chi connectivity index (χ0) is 14.4. The molecule has 100 valence electrons. The molecular formula is C17H11ClF2. The summed E-state index contributed by atoms with van der Waals surface area (Å²) in [6.45, 7) is 0. The first kappa shape index (κ1) is 14.3. The standard InChI is InChI=1S/C17H11ClF2/c18-16-10-8-14(9-11-16)15(12-17(19)20)7-6-13-4-2-1-3-5-13/h1-5,8-12,17H/b15-12-. The molecule has 2 aromatic carbocycles. The van der Waals surface area contributed by atoms with E-state index in [0.717, 1.165) is 11.6 Å². The lowest BCUT2D eigenvalue weighted by atomic mass is 10.1. The summed E-state index contributed by atoms with van der Waals surface area (Å²) in [5.41, 5.74) is 1.69. The average Bonchev–Trinajstić information content (AvgIpc) is 2.45. The van der Waals surface area contributed by atoms with E-state index in [9.17, 15) is 8.78 Å². The Kier molecular flexibility index (Phi) is 4.92. The van der Waals surface area contributed by atoms with Crippen molar-refractivity contribution in [1.82, 2.24) is 0 Å². The number of hydrogen-bond acceptors (Lipinski definition) is 0. The highest BCUT2D eigenvalue weighted by Gasteiger charge is 2.03. The summed E-state index contributed by atoms with van der Waals surface area (Å²) < 4.78 is 25.2. The molecule has 0 radical (unpaired) electrons. The van der Waals surface area contributed by atoms with Crippen molar-refractivity contribution in [3.05, 3.63) is 76.8 Å². The van der Waals surface area contributed by atoms with Crippen LogP contribution in [-0.4, -0.2) is 6.43 Å². The molecule has 2 aromatic rings. The van der Waals surface area contributed by atoms with Crippen LogP contribution in [0.2, 0.25) is 5.02 Å². The number of hydrogen-bond donors (Lipinski definition) is 0. The summed E-state index contributed by atoms with van der Waals surface area (Å²) in [5.74, 6) is 5.67. The van der Waals surface area contributed by atoms with Gasteiger partial charge in [0, 0.05) is 16.2 Å². The normalized spacial score (nSPS) is 11.1. The van der Waals surface area contributed by atoms with Crippen LogP contribution in [0.5, 0.6) is 0 Å². The predicted octanol–water partition coefficient (Wildman–Crippen LogP) is 5.04. The fourth-order valence-electron chi connectivity index (χ4n) is 1.63. The fraction of sp³-hybridized carbons (Fsp3) is 0.0588. The Labute approximate surface area is 121 Å². The van der Waals surface area contributed by atoms with E-state index < -0.39 is 6.43 Å². The lowest BCUT2D eigenvalue weighted by Crippen LogP contribution is -1.88. The molecule has 0 atom stereocenters. The molecule has 0 amide bonds. The van der Waals surface area contributed by atoms with Crippen molar-refractivity contribution < 1.29 is 8.78 Å². The zero-order valence-electron chi connectivity index (χ0n) is 10.5. The van der Waals surface area contributed by atoms with E-state index in [4.69, 9.17) is 11.6 Å². The minimum Gasteiger partial charge on any atom is -0.206 e. The van der Waals surface area contributed by atoms with E-state index >= 15 is 0 Å². The number of halogens is 3. The monoisotopic (exact) mass is 288 g/mol. The molecule has 0 heterocycles. The molecule has 0 N–H and O–H groups in total. The smallest absolute Gasteiger partial charge is 0.206 e. The van der Waals surface area contributed by atoms with Gasteiger partial charge in [-0.05, 0) is 35.9 Å². The first-order valence-electron chi connectivity index (χ1n) is 5.98. The van der Waals surface area contributed by atoms with Crippen LogP contribution in [0.15, 0.2) is 60.7 Å². The molecule has 0 aromatic heterocycles. The summed E-state index contributed by atoms with van der Waals surface area (Å²) in [6.07, 6.45) is -1.70. The van der Waals surface area contributed by atoms with E-state index in [-0.39, 0.29) is 0 Å². The van der Waals surface area contributed by atoms with Crippen LogP contribution in [0, 0.1) is 11.8 Å². The Hall–Kier alpha value is -2.11. The summed E-state index contributed by atoms with van der Waals surface area (Å²) >= 11 is 5.79. The highest BCUT2D eigenvalue weighted by Crippen LogP contribution is 2.18. The Bertz CT molecular complexity index is 647. The molecule has 0 saturated heterocycles. The molecular weight excluding hydrogens is 278 g/mol. The van der Waals surface area contributed by atoms with Crippen molar-refractivity contribution in [3.63, 3.8) is 0 Å². The van der Waals surface area contributed by atoms with Gasteiger partial charge >= 0.3 is 0 Å². The maximum atomic E-state index is 12.6. The van der Waals surface area contributed by atoms with Gasteiger partial charge in [0.05, 0.1) is 0 Å². The van der Waals surface area contributed by atoms with Crippen LogP contribution in [0.25, 0.3) is 5.57 Å². The minimum atomic E-state index is -2.55. The molecule has 0 saturated carbocycles. The topological polar surface area (TPSA) is 0 Å². The van der Waals surface area contributed by atoms with Crippen LogP contribution < -0.4 is 0 Å². The summed E-state index contributed by atoms with van der Waals surface area (Å²) in [7, 11) is 0. The van der Waals surface area contributed by atoms with E-state index in [0.29, 0.717) is 16.2 Å². The lowest BCUT2D eigenvalue weighted by Gasteiger charge is -2.01. The van der Waals surface area contributed by atoms with Crippen molar-refractivity contribution in [2.75, 3.05) is 0 Å². The first-order valence-corrected chi connectivity index (χ1v) is 6.36. The van der Waals surface area contributed by atoms with Gasteiger partial charge in [-0.1, -0.05) is 53.8 Å². The van der Waals surface area contributed by atoms with Gasteiger partial charge in [0.15, 0.2) is 0 Å². The second-order valence-electron chi connectivity index (χ2n) is 4.04. The second kappa shape index (κ2) is 6.88. The van der Waals surface area contributed by atoms with E-state index in [1.807, 2.05) is 30.3 Å². The third-order valence-corrected chi connectivity index (χ3v) is 2.82. The number of benzene rings is 2. The molecule has 0 aliphatic carbocycles. The molecule has 0 unspecified atom stereocenters. The van der Waals surface area contributed by atoms with Gasteiger partial charge in [0.1, 0.15) is 0 Å². The Balaban J connectivity index is 2.35. The Morgan fingerprint density at radius 2 is 1.65 bits per heavy atom. The maximum Gasteiger partial charge on any atom is 0.258 e. The van der Waals surface area contributed by atoms with Crippen molar-refractivity contribution in [2.24, 2.45) is 0 Å². The van der Waals surface area contributed by atoms with E-state index in [2.05, 4.69) is 11.8 Å². The van der Waals surface area contributed by atoms with Gasteiger partial charge in [0.2, 0.25) is 0 Å². The maximum absolute atomic E-state index is 12.6. The van der Waals surface area contributed by atoms with E-state index in [1.54, 1.807) is 24.3 Å². The van der Waals surface area contributed by atoms with Gasteiger partial charge in [-0.15, -0.1) is 0 Å². The predicted molar refractivity (Wildman–Crippen MR) is 78.8 cm³/mol. The van der Waals surface area contributed by atoms with Crippen LogP contribution in [0.1, 0.15) is 11.1 Å². The highest BCUT2D eigenvalue weighted by atomic mass is 35.5. The molecule has 0 fully saturated rings. The molecule has 0 aliphatic heterocycles. The van der Waals surface area contributed by atoms with Gasteiger partial charge < -0.3 is 0 Å². The molecule has 20 heavy (non-hydrogen) atoms. The van der Waals surface area contributed by atoms with Crippen LogP contribution >= 0.6 is 11.6 Å². The highest BCUT2D eigenvalue weighted by molar-refractivity contribution is 6.30. The number of rotatable bonds is 2. The zero-order valence-corrected chi connectivity index (χ0v) is 11.2. The van der Waals surface area contributed by atoms with Crippen LogP contribution in [0.3, 0.4) is 0 Å². The first-order chi connectivity index (χ1) is 9.65. The van der Waals surface area contributed by atoms with Gasteiger partial charge in [0.25, 0.3) is 6.43 Å². The second-order valence-corrected chi connectivity index (χ2v) is 4.47. The average molecular weight is 289 g/mol. The van der Waals surface area contributed by atoms with Crippen molar-refractivity contribution in [3.8, 4) is 11.8 Å². The largest absolute Gasteiger partial charge is 0.258 e. The quantitative estimate of drug-likeness (QED) is 0.679. The molecule has 0 nitrogen and oxygen atoms in total. The summed E-state index contributed by atoms with van der Waals surface area (Å²) in [5, 5.41) is 0.557. The fourth-order valence-corrected chi connectivity index (χ4v) is 1.75. The van der Waals surface area contributed by atoms with Gasteiger partial charge in [-0.25, -0.2) is 8.78 Å². The third kappa shape index (κ3) is 4.22. The minimum absolute atomic E-state index is 0.292. The number of alkyl halides is 2. The molecule has 0 bridgehead atoms. The summed E-state index contributed by atoms with van der Waals surface area (Å²) in [4.78, 5) is 0. The SMILES string of the molecule is FC(F)/C=C(/C#Cc1ccccc1)c1ccc(Cl)cc1. The number of allylic oxidation sites excluding steroid dienone is 2. The molecule has 0 spiro atoms. The third-order valence-electron chi connectivity index (χ3n) is 2.56. The molecule has 3 heteroatoms. The summed E-state index contributed by atoms with van der Waals surface area (Å²) in [6, 6.07) is 15.9. The lowest BCUT2D eigenvalue weighted by molar-refractivity contribution is 0.205. The molecule has 0 aliphatic rings. The van der Waals surface area contributed by atoms with E-state index in [1.165, 1.54) is 0 Å². The van der Waals surface area contributed by atoms with Crippen molar-refractivity contribution in [2.45, 2.75) is 6.43 Å². The van der Waals surface area contributed by atoms with Crippen LogP contribution in [-0.2, 0) is 0 Å². The van der Waals surface area contributed by atoms with Crippen LogP contribution in [0.4, 0.5) is 8.78 Å². The molecule has 2 rings (SSSR count). The Morgan fingerprint density at radius 3 is 2.25 bits per heavy atom. The van der Waals surface area contributed by atoms with Crippen molar-refractivity contribution >= 4 is 17.2 Å².